The minimum absolute atomic E-state index is 0.0399. The van der Waals surface area contributed by atoms with Gasteiger partial charge in [0.15, 0.2) is 11.5 Å². The van der Waals surface area contributed by atoms with Crippen molar-refractivity contribution in [1.82, 2.24) is 4.31 Å². The van der Waals surface area contributed by atoms with E-state index in [9.17, 15) is 18.6 Å². The molecule has 2 aliphatic heterocycles. The summed E-state index contributed by atoms with van der Waals surface area (Å²) in [4.78, 5) is 0. The van der Waals surface area contributed by atoms with Crippen molar-refractivity contribution in [3.63, 3.8) is 0 Å². The Bertz CT molecular complexity index is 665. The van der Waals surface area contributed by atoms with Crippen LogP contribution in [0.3, 0.4) is 0 Å². The lowest BCUT2D eigenvalue weighted by molar-refractivity contribution is -0.0234. The summed E-state index contributed by atoms with van der Waals surface area (Å²) in [5.74, 6) is 0.110. The van der Waals surface area contributed by atoms with Crippen LogP contribution in [0.5, 0.6) is 11.5 Å². The number of rotatable bonds is 2. The van der Waals surface area contributed by atoms with Crippen molar-refractivity contribution in [2.45, 2.75) is 32.0 Å². The lowest BCUT2D eigenvalue weighted by Crippen LogP contribution is -2.42. The number of hydrogen-bond donors (Lipinski definition) is 2. The van der Waals surface area contributed by atoms with Gasteiger partial charge in [-0.25, -0.2) is 12.7 Å². The predicted molar refractivity (Wildman–Crippen MR) is 81.2 cm³/mol. The molecule has 2 aliphatic rings. The molecule has 0 aromatic heterocycles. The van der Waals surface area contributed by atoms with Crippen LogP contribution in [0.15, 0.2) is 12.1 Å². The first-order chi connectivity index (χ1) is 10.4. The van der Waals surface area contributed by atoms with E-state index < -0.39 is 10.0 Å². The van der Waals surface area contributed by atoms with Crippen molar-refractivity contribution in [3.8, 4) is 11.5 Å². The molecule has 22 heavy (non-hydrogen) atoms. The second-order valence-electron chi connectivity index (χ2n) is 6.12. The van der Waals surface area contributed by atoms with Gasteiger partial charge >= 0.3 is 0 Å². The van der Waals surface area contributed by atoms with E-state index in [1.807, 2.05) is 0 Å². The second kappa shape index (κ2) is 5.72. The number of ether oxygens (including phenoxy) is 1. The van der Waals surface area contributed by atoms with Crippen molar-refractivity contribution in [3.05, 3.63) is 23.3 Å². The maximum absolute atomic E-state index is 11.5. The zero-order valence-corrected chi connectivity index (χ0v) is 13.3. The maximum Gasteiger partial charge on any atom is 0.211 e. The SMILES string of the molecule is CS(=O)(=O)N1CCC(C2Cc3c(ccc(O)c3O)CO2)CC1. The van der Waals surface area contributed by atoms with Crippen LogP contribution in [0.25, 0.3) is 0 Å². The predicted octanol–water partition coefficient (Wildman–Crippen LogP) is 1.21. The van der Waals surface area contributed by atoms with Crippen LogP contribution in [0.4, 0.5) is 0 Å². The van der Waals surface area contributed by atoms with E-state index in [1.165, 1.54) is 16.6 Å². The Labute approximate surface area is 130 Å². The van der Waals surface area contributed by atoms with Gasteiger partial charge in [-0.2, -0.15) is 0 Å². The number of aromatic hydroxyl groups is 2. The number of nitrogens with zero attached hydrogens (tertiary/aromatic N) is 1. The molecular formula is C15H21NO5S. The first kappa shape index (κ1) is 15.6. The molecule has 0 spiro atoms. The lowest BCUT2D eigenvalue weighted by atomic mass is 9.85. The summed E-state index contributed by atoms with van der Waals surface area (Å²) in [7, 11) is -3.12. The number of sulfonamides is 1. The van der Waals surface area contributed by atoms with E-state index >= 15 is 0 Å². The monoisotopic (exact) mass is 327 g/mol. The molecule has 1 aromatic rings. The largest absolute Gasteiger partial charge is 0.504 e. The molecule has 0 saturated carbocycles. The van der Waals surface area contributed by atoms with E-state index in [-0.39, 0.29) is 23.5 Å². The first-order valence-corrected chi connectivity index (χ1v) is 9.30. The molecule has 3 rings (SSSR count). The molecule has 1 atom stereocenters. The molecule has 1 saturated heterocycles. The van der Waals surface area contributed by atoms with Crippen LogP contribution in [0.2, 0.25) is 0 Å². The smallest absolute Gasteiger partial charge is 0.211 e. The highest BCUT2D eigenvalue weighted by atomic mass is 32.2. The van der Waals surface area contributed by atoms with Gasteiger partial charge in [-0.15, -0.1) is 0 Å². The maximum atomic E-state index is 11.5. The van der Waals surface area contributed by atoms with Crippen LogP contribution in [-0.2, 0) is 27.8 Å². The highest BCUT2D eigenvalue weighted by Gasteiger charge is 2.33. The Morgan fingerprint density at radius 1 is 1.23 bits per heavy atom. The molecule has 0 aliphatic carbocycles. The molecule has 1 aromatic carbocycles. The highest BCUT2D eigenvalue weighted by Crippen LogP contribution is 2.38. The van der Waals surface area contributed by atoms with Gasteiger partial charge in [-0.05, 0) is 30.4 Å². The fourth-order valence-electron chi connectivity index (χ4n) is 3.37. The van der Waals surface area contributed by atoms with Crippen LogP contribution >= 0.6 is 0 Å². The zero-order chi connectivity index (χ0) is 15.9. The molecule has 2 N–H and O–H groups in total. The number of piperidine rings is 1. The molecule has 2 heterocycles. The highest BCUT2D eigenvalue weighted by molar-refractivity contribution is 7.88. The fraction of sp³-hybridized carbons (Fsp3) is 0.600. The summed E-state index contributed by atoms with van der Waals surface area (Å²) in [5.41, 5.74) is 1.65. The summed E-state index contributed by atoms with van der Waals surface area (Å²) in [6.07, 6.45) is 3.27. The number of hydrogen-bond acceptors (Lipinski definition) is 5. The van der Waals surface area contributed by atoms with Crippen molar-refractivity contribution in [2.24, 2.45) is 5.92 Å². The third-order valence-electron chi connectivity index (χ3n) is 4.71. The minimum Gasteiger partial charge on any atom is -0.504 e. The quantitative estimate of drug-likeness (QED) is 0.797. The molecule has 0 bridgehead atoms. The van der Waals surface area contributed by atoms with Crippen LogP contribution in [-0.4, -0.2) is 48.4 Å². The Hall–Kier alpha value is -1.31. The normalized spacial score (nSPS) is 24.1. The Kier molecular flexibility index (Phi) is 4.05. The van der Waals surface area contributed by atoms with Crippen LogP contribution in [0, 0.1) is 5.92 Å². The Morgan fingerprint density at radius 2 is 1.91 bits per heavy atom. The molecule has 0 radical (unpaired) electrons. The van der Waals surface area contributed by atoms with Gasteiger partial charge < -0.3 is 14.9 Å². The van der Waals surface area contributed by atoms with Crippen LogP contribution in [0.1, 0.15) is 24.0 Å². The summed E-state index contributed by atoms with van der Waals surface area (Å²) in [6, 6.07) is 3.25. The van der Waals surface area contributed by atoms with Gasteiger partial charge in [-0.1, -0.05) is 6.07 Å². The molecule has 0 amide bonds. The fourth-order valence-corrected chi connectivity index (χ4v) is 4.24. The summed E-state index contributed by atoms with van der Waals surface area (Å²) < 4.78 is 30.5. The number of benzene rings is 1. The minimum atomic E-state index is -3.12. The van der Waals surface area contributed by atoms with Crippen molar-refractivity contribution in [2.75, 3.05) is 19.3 Å². The summed E-state index contributed by atoms with van der Waals surface area (Å²) in [5, 5.41) is 19.6. The molecule has 122 valence electrons. The Balaban J connectivity index is 1.70. The third kappa shape index (κ3) is 2.93. The third-order valence-corrected chi connectivity index (χ3v) is 6.01. The standard InChI is InChI=1S/C15H21NO5S/c1-22(19,20)16-6-4-10(5-7-16)14-8-12-11(9-21-14)2-3-13(17)15(12)18/h2-3,10,14,17-18H,4-9H2,1H3. The Morgan fingerprint density at radius 3 is 2.55 bits per heavy atom. The number of phenols is 2. The van der Waals surface area contributed by atoms with Crippen LogP contribution < -0.4 is 0 Å². The zero-order valence-electron chi connectivity index (χ0n) is 12.5. The van der Waals surface area contributed by atoms with E-state index in [4.69, 9.17) is 4.74 Å². The van der Waals surface area contributed by atoms with Gasteiger partial charge in [0.05, 0.1) is 19.0 Å². The van der Waals surface area contributed by atoms with Gasteiger partial charge in [-0.3, -0.25) is 0 Å². The van der Waals surface area contributed by atoms with E-state index in [2.05, 4.69) is 0 Å². The van der Waals surface area contributed by atoms with Crippen molar-refractivity contribution in [1.29, 1.82) is 0 Å². The number of phenolic OH excluding ortho intramolecular Hbond substituents is 2. The van der Waals surface area contributed by atoms with Gasteiger partial charge in [0, 0.05) is 25.1 Å². The number of fused-ring (bicyclic) bond motifs is 1. The van der Waals surface area contributed by atoms with Gasteiger partial charge in [0.25, 0.3) is 0 Å². The second-order valence-corrected chi connectivity index (χ2v) is 8.11. The first-order valence-electron chi connectivity index (χ1n) is 7.45. The van der Waals surface area contributed by atoms with Gasteiger partial charge in [0.1, 0.15) is 0 Å². The van der Waals surface area contributed by atoms with E-state index in [0.29, 0.717) is 26.1 Å². The summed E-state index contributed by atoms with van der Waals surface area (Å²) in [6.45, 7) is 1.45. The average Bonchev–Trinajstić information content (AvgIpc) is 2.50. The molecule has 1 fully saturated rings. The van der Waals surface area contributed by atoms with Gasteiger partial charge in [0.2, 0.25) is 10.0 Å². The molecule has 6 nitrogen and oxygen atoms in total. The van der Waals surface area contributed by atoms with Crippen molar-refractivity contribution < 1.29 is 23.4 Å². The summed E-state index contributed by atoms with van der Waals surface area (Å²) >= 11 is 0. The van der Waals surface area contributed by atoms with E-state index in [1.54, 1.807) is 6.07 Å². The lowest BCUT2D eigenvalue weighted by Gasteiger charge is -2.37. The van der Waals surface area contributed by atoms with Crippen molar-refractivity contribution >= 4 is 10.0 Å². The molecule has 7 heteroatoms. The van der Waals surface area contributed by atoms with E-state index in [0.717, 1.165) is 24.0 Å². The molecule has 1 unspecified atom stereocenters. The topological polar surface area (TPSA) is 87.1 Å². The molecular weight excluding hydrogens is 306 g/mol. The average molecular weight is 327 g/mol.